The predicted octanol–water partition coefficient (Wildman–Crippen LogP) is 6.05. The van der Waals surface area contributed by atoms with Crippen LogP contribution in [0, 0.1) is 0 Å². The van der Waals surface area contributed by atoms with Crippen LogP contribution in [0.2, 0.25) is 0 Å². The summed E-state index contributed by atoms with van der Waals surface area (Å²) in [7, 11) is 5.03. The van der Waals surface area contributed by atoms with E-state index in [9.17, 15) is 0 Å². The lowest BCUT2D eigenvalue weighted by molar-refractivity contribution is 0.0337. The summed E-state index contributed by atoms with van der Waals surface area (Å²) in [6.45, 7) is 3.37. The van der Waals surface area contributed by atoms with Gasteiger partial charge in [-0.2, -0.15) is 0 Å². The predicted molar refractivity (Wildman–Crippen MR) is 152 cm³/mol. The lowest BCUT2D eigenvalue weighted by Crippen LogP contribution is -2.23. The summed E-state index contributed by atoms with van der Waals surface area (Å²) in [5.41, 5.74) is 4.36. The summed E-state index contributed by atoms with van der Waals surface area (Å²) in [5, 5.41) is 0. The number of nitrogens with zero attached hydrogens (tertiary/aromatic N) is 2. The zero-order chi connectivity index (χ0) is 27.3. The molecule has 0 bridgehead atoms. The largest absolute Gasteiger partial charge is 0.497 e. The highest BCUT2D eigenvalue weighted by atomic mass is 16.5. The maximum atomic E-state index is 5.81. The molecule has 7 heteroatoms. The Bertz CT molecular complexity index is 1250. The van der Waals surface area contributed by atoms with Crippen molar-refractivity contribution >= 4 is 5.82 Å². The molecule has 1 heterocycles. The molecule has 0 atom stereocenters. The fraction of sp³-hybridized carbons (Fsp3) is 0.281. The van der Waals surface area contributed by atoms with E-state index in [4.69, 9.17) is 28.7 Å². The van der Waals surface area contributed by atoms with E-state index in [1.807, 2.05) is 60.8 Å². The summed E-state index contributed by atoms with van der Waals surface area (Å²) in [6, 6.07) is 28.2. The molecule has 0 N–H and O–H groups in total. The van der Waals surface area contributed by atoms with Crippen molar-refractivity contribution in [3.63, 3.8) is 0 Å². The van der Waals surface area contributed by atoms with Crippen molar-refractivity contribution < 1.29 is 23.7 Å². The van der Waals surface area contributed by atoms with E-state index in [2.05, 4.69) is 35.2 Å². The van der Waals surface area contributed by atoms with E-state index in [0.717, 1.165) is 45.3 Å². The van der Waals surface area contributed by atoms with E-state index in [1.54, 1.807) is 21.3 Å². The Morgan fingerprint density at radius 3 is 1.54 bits per heavy atom. The first-order chi connectivity index (χ1) is 19.2. The molecule has 39 heavy (non-hydrogen) atoms. The Morgan fingerprint density at radius 2 is 1.05 bits per heavy atom. The quantitative estimate of drug-likeness (QED) is 0.174. The van der Waals surface area contributed by atoms with Gasteiger partial charge in [-0.1, -0.05) is 42.5 Å². The smallest absolute Gasteiger partial charge is 0.129 e. The van der Waals surface area contributed by atoms with Gasteiger partial charge in [0, 0.05) is 19.3 Å². The highest BCUT2D eigenvalue weighted by molar-refractivity contribution is 5.43. The number of methoxy groups -OCH3 is 3. The molecular formula is C32H36N2O5. The first kappa shape index (κ1) is 28.0. The van der Waals surface area contributed by atoms with Gasteiger partial charge in [-0.25, -0.2) is 4.98 Å². The Hall–Kier alpha value is -4.07. The van der Waals surface area contributed by atoms with Crippen molar-refractivity contribution in [3.8, 4) is 17.2 Å². The average Bonchev–Trinajstić information content (AvgIpc) is 2.99. The maximum Gasteiger partial charge on any atom is 0.129 e. The van der Waals surface area contributed by atoms with Gasteiger partial charge < -0.3 is 28.6 Å². The van der Waals surface area contributed by atoms with Crippen molar-refractivity contribution in [1.29, 1.82) is 0 Å². The van der Waals surface area contributed by atoms with Gasteiger partial charge in [-0.15, -0.1) is 0 Å². The van der Waals surface area contributed by atoms with Crippen LogP contribution in [-0.2, 0) is 35.8 Å². The third-order valence-electron chi connectivity index (χ3n) is 6.19. The highest BCUT2D eigenvalue weighted by Gasteiger charge is 2.12. The monoisotopic (exact) mass is 528 g/mol. The average molecular weight is 529 g/mol. The number of hydrogen-bond donors (Lipinski definition) is 0. The van der Waals surface area contributed by atoms with Crippen LogP contribution in [0.5, 0.6) is 17.2 Å². The van der Waals surface area contributed by atoms with Crippen LogP contribution >= 0.6 is 0 Å². The molecule has 0 amide bonds. The van der Waals surface area contributed by atoms with Crippen LogP contribution in [-0.4, -0.2) is 39.5 Å². The molecular weight excluding hydrogens is 492 g/mol. The van der Waals surface area contributed by atoms with E-state index < -0.39 is 0 Å². The minimum absolute atomic E-state index is 0.474. The first-order valence-electron chi connectivity index (χ1n) is 12.9. The standard InChI is InChI=1S/C32H36N2O5/c1-35-29-10-4-7-25(17-29)21-34(22-26-8-5-11-30(18-26)36-2)32-14-13-28(20-33-32)24-39-16-15-38-23-27-9-6-12-31(19-27)37-3/h4-14,17-20H,15-16,21-24H2,1-3H3. The second kappa shape index (κ2) is 14.8. The topological polar surface area (TPSA) is 62.3 Å². The van der Waals surface area contributed by atoms with Crippen LogP contribution in [0.15, 0.2) is 91.1 Å². The SMILES string of the molecule is COc1cccc(COCCOCc2ccc(N(Cc3cccc(OC)c3)Cc3cccc(OC)c3)nc2)c1. The summed E-state index contributed by atoms with van der Waals surface area (Å²) in [4.78, 5) is 7.00. The maximum absolute atomic E-state index is 5.81. The Labute approximate surface area is 230 Å². The van der Waals surface area contributed by atoms with Gasteiger partial charge in [0.25, 0.3) is 0 Å². The third-order valence-corrected chi connectivity index (χ3v) is 6.19. The van der Waals surface area contributed by atoms with E-state index in [-0.39, 0.29) is 0 Å². The van der Waals surface area contributed by atoms with E-state index in [0.29, 0.717) is 39.5 Å². The number of aromatic nitrogens is 1. The summed E-state index contributed by atoms with van der Waals surface area (Å²) < 4.78 is 27.6. The Morgan fingerprint density at radius 1 is 0.564 bits per heavy atom. The second-order valence-electron chi connectivity index (χ2n) is 9.04. The van der Waals surface area contributed by atoms with Crippen molar-refractivity contribution in [2.24, 2.45) is 0 Å². The minimum Gasteiger partial charge on any atom is -0.497 e. The van der Waals surface area contributed by atoms with Crippen LogP contribution in [0.3, 0.4) is 0 Å². The van der Waals surface area contributed by atoms with E-state index in [1.165, 1.54) is 0 Å². The van der Waals surface area contributed by atoms with Crippen molar-refractivity contribution in [2.75, 3.05) is 39.4 Å². The lowest BCUT2D eigenvalue weighted by Gasteiger charge is -2.25. The molecule has 0 unspecified atom stereocenters. The van der Waals surface area contributed by atoms with Gasteiger partial charge in [0.2, 0.25) is 0 Å². The number of hydrogen-bond acceptors (Lipinski definition) is 7. The highest BCUT2D eigenvalue weighted by Crippen LogP contribution is 2.23. The molecule has 0 spiro atoms. The van der Waals surface area contributed by atoms with Crippen LogP contribution in [0.25, 0.3) is 0 Å². The van der Waals surface area contributed by atoms with Gasteiger partial charge in [0.15, 0.2) is 0 Å². The minimum atomic E-state index is 0.474. The molecule has 4 rings (SSSR count). The molecule has 204 valence electrons. The molecule has 0 saturated heterocycles. The van der Waals surface area contributed by atoms with E-state index >= 15 is 0 Å². The molecule has 4 aromatic rings. The van der Waals surface area contributed by atoms with Gasteiger partial charge in [0.05, 0.1) is 47.8 Å². The van der Waals surface area contributed by atoms with Crippen LogP contribution in [0.4, 0.5) is 5.82 Å². The Balaban J connectivity index is 1.33. The van der Waals surface area contributed by atoms with Crippen molar-refractivity contribution in [2.45, 2.75) is 26.3 Å². The number of anilines is 1. The summed E-state index contributed by atoms with van der Waals surface area (Å²) in [5.74, 6) is 3.38. The fourth-order valence-electron chi connectivity index (χ4n) is 4.15. The number of pyridine rings is 1. The first-order valence-corrected chi connectivity index (χ1v) is 12.9. The van der Waals surface area contributed by atoms with Crippen molar-refractivity contribution in [1.82, 2.24) is 4.98 Å². The molecule has 0 radical (unpaired) electrons. The molecule has 0 aliphatic carbocycles. The second-order valence-corrected chi connectivity index (χ2v) is 9.04. The number of benzene rings is 3. The van der Waals surface area contributed by atoms with Gasteiger partial charge >= 0.3 is 0 Å². The van der Waals surface area contributed by atoms with Gasteiger partial charge in [-0.3, -0.25) is 0 Å². The summed E-state index contributed by atoms with van der Waals surface area (Å²) >= 11 is 0. The zero-order valence-corrected chi connectivity index (χ0v) is 22.8. The van der Waals surface area contributed by atoms with Crippen LogP contribution in [0.1, 0.15) is 22.3 Å². The molecule has 0 fully saturated rings. The lowest BCUT2D eigenvalue weighted by atomic mass is 10.1. The molecule has 0 aliphatic rings. The molecule has 3 aromatic carbocycles. The molecule has 0 saturated carbocycles. The molecule has 1 aromatic heterocycles. The van der Waals surface area contributed by atoms with Gasteiger partial charge in [0.1, 0.15) is 23.1 Å². The molecule has 0 aliphatic heterocycles. The normalized spacial score (nSPS) is 10.7. The number of ether oxygens (including phenoxy) is 5. The summed E-state index contributed by atoms with van der Waals surface area (Å²) in [6.07, 6.45) is 1.87. The fourth-order valence-corrected chi connectivity index (χ4v) is 4.15. The van der Waals surface area contributed by atoms with Crippen LogP contribution < -0.4 is 19.1 Å². The number of rotatable bonds is 15. The zero-order valence-electron chi connectivity index (χ0n) is 22.8. The Kier molecular flexibility index (Phi) is 10.6. The van der Waals surface area contributed by atoms with Crippen molar-refractivity contribution in [3.05, 3.63) is 113 Å². The van der Waals surface area contributed by atoms with Gasteiger partial charge in [-0.05, 0) is 64.7 Å². The third kappa shape index (κ3) is 8.74. The molecule has 7 nitrogen and oxygen atoms in total.